The van der Waals surface area contributed by atoms with E-state index >= 15 is 0 Å². The maximum Gasteiger partial charge on any atom is 0.243 e. The number of allylic oxidation sites excluding steroid dienone is 1. The first-order chi connectivity index (χ1) is 15.7. The van der Waals surface area contributed by atoms with Gasteiger partial charge in [0.25, 0.3) is 0 Å². The minimum Gasteiger partial charge on any atom is -0.207 e. The van der Waals surface area contributed by atoms with Gasteiger partial charge in [-0.3, -0.25) is 0 Å². The Morgan fingerprint density at radius 3 is 1.91 bits per heavy atom. The van der Waals surface area contributed by atoms with Gasteiger partial charge >= 0.3 is 0 Å². The summed E-state index contributed by atoms with van der Waals surface area (Å²) in [7, 11) is -3.67. The summed E-state index contributed by atoms with van der Waals surface area (Å²) in [6.45, 7) is 8.79. The third-order valence-corrected chi connectivity index (χ3v) is 8.88. The van der Waals surface area contributed by atoms with Crippen LogP contribution in [0.1, 0.15) is 43.9 Å². The minimum absolute atomic E-state index is 0.223. The number of nitrogens with zero attached hydrogens (tertiary/aromatic N) is 1. The van der Waals surface area contributed by atoms with Crippen molar-refractivity contribution in [3.63, 3.8) is 0 Å². The van der Waals surface area contributed by atoms with E-state index in [-0.39, 0.29) is 6.04 Å². The molecule has 4 heteroatoms. The van der Waals surface area contributed by atoms with Crippen LogP contribution in [0.25, 0.3) is 0 Å². The van der Waals surface area contributed by atoms with Crippen molar-refractivity contribution in [3.05, 3.63) is 113 Å². The third-order valence-electron chi connectivity index (χ3n) is 7.00. The Balaban J connectivity index is 1.89. The van der Waals surface area contributed by atoms with Crippen LogP contribution >= 0.6 is 0 Å². The van der Waals surface area contributed by atoms with E-state index in [2.05, 4.69) is 51.1 Å². The summed E-state index contributed by atoms with van der Waals surface area (Å²) in [5, 5.41) is 0. The lowest BCUT2D eigenvalue weighted by molar-refractivity contribution is 0.421. The lowest BCUT2D eigenvalue weighted by atomic mass is 9.73. The first-order valence-electron chi connectivity index (χ1n) is 11.6. The predicted molar refractivity (Wildman–Crippen MR) is 136 cm³/mol. The number of hydrogen-bond acceptors (Lipinski definition) is 2. The predicted octanol–water partition coefficient (Wildman–Crippen LogP) is 6.35. The van der Waals surface area contributed by atoms with E-state index in [9.17, 15) is 8.42 Å². The van der Waals surface area contributed by atoms with E-state index in [4.69, 9.17) is 0 Å². The zero-order valence-corrected chi connectivity index (χ0v) is 20.7. The molecule has 1 fully saturated rings. The average Bonchev–Trinajstić information content (AvgIpc) is 3.22. The molecule has 1 heterocycles. The Bertz CT molecular complexity index is 1170. The van der Waals surface area contributed by atoms with Crippen molar-refractivity contribution in [3.8, 4) is 0 Å². The normalized spacial score (nSPS) is 19.2. The second-order valence-electron chi connectivity index (χ2n) is 9.51. The van der Waals surface area contributed by atoms with Gasteiger partial charge in [-0.05, 0) is 49.4 Å². The fourth-order valence-corrected chi connectivity index (χ4v) is 6.39. The molecule has 0 N–H and O–H groups in total. The van der Waals surface area contributed by atoms with E-state index < -0.39 is 15.4 Å². The van der Waals surface area contributed by atoms with Crippen LogP contribution in [-0.2, 0) is 15.4 Å². The Morgan fingerprint density at radius 2 is 1.42 bits per heavy atom. The zero-order chi connectivity index (χ0) is 23.6. The fraction of sp³-hybridized carbons (Fsp3) is 0.310. The maximum atomic E-state index is 14.0. The van der Waals surface area contributed by atoms with Crippen LogP contribution in [0, 0.1) is 12.8 Å². The molecule has 1 aliphatic rings. The van der Waals surface area contributed by atoms with Gasteiger partial charge in [0.05, 0.1) is 4.90 Å². The molecule has 0 unspecified atom stereocenters. The minimum atomic E-state index is -3.67. The van der Waals surface area contributed by atoms with Crippen LogP contribution in [-0.4, -0.2) is 25.3 Å². The highest BCUT2D eigenvalue weighted by atomic mass is 32.2. The summed E-state index contributed by atoms with van der Waals surface area (Å²) in [6, 6.07) is 27.7. The Morgan fingerprint density at radius 1 is 0.909 bits per heavy atom. The Hall–Kier alpha value is -2.69. The highest BCUT2D eigenvalue weighted by Crippen LogP contribution is 2.46. The largest absolute Gasteiger partial charge is 0.243 e. The topological polar surface area (TPSA) is 37.4 Å². The Kier molecular flexibility index (Phi) is 6.60. The van der Waals surface area contributed by atoms with Crippen molar-refractivity contribution in [2.24, 2.45) is 5.92 Å². The summed E-state index contributed by atoms with van der Waals surface area (Å²) < 4.78 is 29.6. The van der Waals surface area contributed by atoms with Crippen molar-refractivity contribution in [1.82, 2.24) is 4.31 Å². The molecule has 0 spiro atoms. The van der Waals surface area contributed by atoms with Crippen LogP contribution in [0.2, 0.25) is 0 Å². The van der Waals surface area contributed by atoms with Gasteiger partial charge in [0.15, 0.2) is 0 Å². The molecule has 172 valence electrons. The second-order valence-corrected chi connectivity index (χ2v) is 11.4. The molecule has 0 aromatic heterocycles. The number of benzene rings is 3. The number of aryl methyl sites for hydroxylation is 1. The summed E-state index contributed by atoms with van der Waals surface area (Å²) in [4.78, 5) is 0.352. The molecule has 1 saturated heterocycles. The summed E-state index contributed by atoms with van der Waals surface area (Å²) in [5.74, 6) is 0.359. The van der Waals surface area contributed by atoms with E-state index in [1.54, 1.807) is 16.4 Å². The van der Waals surface area contributed by atoms with E-state index in [0.29, 0.717) is 23.8 Å². The van der Waals surface area contributed by atoms with Gasteiger partial charge < -0.3 is 0 Å². The van der Waals surface area contributed by atoms with Gasteiger partial charge in [0, 0.05) is 18.0 Å². The SMILES string of the molecule is C/C(=C/[C@H]1CC(c2ccccc2)(c2ccccc2)CN1S(=O)(=O)c1ccc(C)cc1)C(C)C. The molecule has 3 nitrogen and oxygen atoms in total. The zero-order valence-electron chi connectivity index (χ0n) is 19.9. The molecule has 33 heavy (non-hydrogen) atoms. The first kappa shape index (κ1) is 23.5. The molecule has 3 aromatic carbocycles. The van der Waals surface area contributed by atoms with E-state index in [1.165, 1.54) is 5.57 Å². The van der Waals surface area contributed by atoms with Crippen molar-refractivity contribution in [2.75, 3.05) is 6.54 Å². The lowest BCUT2D eigenvalue weighted by Crippen LogP contribution is -2.37. The molecule has 0 bridgehead atoms. The molecule has 4 rings (SSSR count). The number of sulfonamides is 1. The molecule has 1 atom stereocenters. The summed E-state index contributed by atoms with van der Waals surface area (Å²) >= 11 is 0. The molecular formula is C29H33NO2S. The quantitative estimate of drug-likeness (QED) is 0.403. The maximum absolute atomic E-state index is 14.0. The van der Waals surface area contributed by atoms with Crippen LogP contribution in [0.5, 0.6) is 0 Å². The van der Waals surface area contributed by atoms with Crippen molar-refractivity contribution in [2.45, 2.75) is 50.5 Å². The van der Waals surface area contributed by atoms with Crippen LogP contribution < -0.4 is 0 Å². The monoisotopic (exact) mass is 459 g/mol. The highest BCUT2D eigenvalue weighted by molar-refractivity contribution is 7.89. The van der Waals surface area contributed by atoms with Crippen molar-refractivity contribution in [1.29, 1.82) is 0 Å². The summed E-state index contributed by atoms with van der Waals surface area (Å²) in [5.41, 5.74) is 4.14. The van der Waals surface area contributed by atoms with Crippen LogP contribution in [0.4, 0.5) is 0 Å². The second kappa shape index (κ2) is 9.28. The van der Waals surface area contributed by atoms with Gasteiger partial charge in [-0.1, -0.05) is 104 Å². The molecule has 0 amide bonds. The summed E-state index contributed by atoms with van der Waals surface area (Å²) in [6.07, 6.45) is 2.88. The standard InChI is InChI=1S/C29H33NO2S/c1-22(2)24(4)19-27-20-29(25-11-7-5-8-12-25,26-13-9-6-10-14-26)21-30(27)33(31,32)28-17-15-23(3)16-18-28/h5-19,22,27H,20-21H2,1-4H3/b24-19-/t27-/m0/s1. The van der Waals surface area contributed by atoms with E-state index in [0.717, 1.165) is 16.7 Å². The molecule has 0 aliphatic carbocycles. The van der Waals surface area contributed by atoms with Crippen molar-refractivity contribution < 1.29 is 8.42 Å². The fourth-order valence-electron chi connectivity index (χ4n) is 4.75. The molecule has 1 aliphatic heterocycles. The average molecular weight is 460 g/mol. The van der Waals surface area contributed by atoms with Gasteiger partial charge in [0.2, 0.25) is 10.0 Å². The number of hydrogen-bond donors (Lipinski definition) is 0. The lowest BCUT2D eigenvalue weighted by Gasteiger charge is -2.30. The van der Waals surface area contributed by atoms with Crippen LogP contribution in [0.3, 0.4) is 0 Å². The van der Waals surface area contributed by atoms with E-state index in [1.807, 2.05) is 55.5 Å². The highest BCUT2D eigenvalue weighted by Gasteiger charge is 2.50. The van der Waals surface area contributed by atoms with Gasteiger partial charge in [0.1, 0.15) is 0 Å². The molecule has 0 radical (unpaired) electrons. The third kappa shape index (κ3) is 4.55. The number of rotatable bonds is 6. The Labute approximate surface area is 198 Å². The van der Waals surface area contributed by atoms with Gasteiger partial charge in [-0.15, -0.1) is 0 Å². The molecule has 0 saturated carbocycles. The van der Waals surface area contributed by atoms with Crippen molar-refractivity contribution >= 4 is 10.0 Å². The smallest absolute Gasteiger partial charge is 0.207 e. The molecular weight excluding hydrogens is 426 g/mol. The first-order valence-corrected chi connectivity index (χ1v) is 13.1. The molecule has 3 aromatic rings. The van der Waals surface area contributed by atoms with Crippen LogP contribution in [0.15, 0.2) is 101 Å². The van der Waals surface area contributed by atoms with Gasteiger partial charge in [-0.25, -0.2) is 8.42 Å². The van der Waals surface area contributed by atoms with Gasteiger partial charge in [-0.2, -0.15) is 4.31 Å².